The Kier molecular flexibility index (Phi) is 6.99. The molecule has 29 heavy (non-hydrogen) atoms. The molecule has 3 aromatic rings. The average Bonchev–Trinajstić information content (AvgIpc) is 3.17. The van der Waals surface area contributed by atoms with Gasteiger partial charge in [-0.3, -0.25) is 9.44 Å². The Bertz CT molecular complexity index is 1280. The summed E-state index contributed by atoms with van der Waals surface area (Å²) in [5.41, 5.74) is 0.0791. The molecule has 0 aliphatic rings. The number of benzene rings is 2. The summed E-state index contributed by atoms with van der Waals surface area (Å²) in [6, 6.07) is 9.03. The number of sulfonamides is 2. The highest BCUT2D eigenvalue weighted by Crippen LogP contribution is 2.33. The van der Waals surface area contributed by atoms with Crippen molar-refractivity contribution >= 4 is 99.5 Å². The van der Waals surface area contributed by atoms with Gasteiger partial charge < -0.3 is 0 Å². The van der Waals surface area contributed by atoms with E-state index in [2.05, 4.69) is 9.44 Å². The van der Waals surface area contributed by atoms with Crippen molar-refractivity contribution in [1.82, 2.24) is 0 Å². The van der Waals surface area contributed by atoms with E-state index in [1.165, 1.54) is 18.2 Å². The van der Waals surface area contributed by atoms with Gasteiger partial charge in [0.15, 0.2) is 0 Å². The molecule has 0 saturated heterocycles. The zero-order chi connectivity index (χ0) is 21.4. The highest BCUT2D eigenvalue weighted by atomic mass is 127. The van der Waals surface area contributed by atoms with Crippen molar-refractivity contribution in [2.75, 3.05) is 9.44 Å². The summed E-state index contributed by atoms with van der Waals surface area (Å²) >= 11 is 10.7. The van der Waals surface area contributed by atoms with E-state index in [9.17, 15) is 21.2 Å². The molecular formula is C16H10ClFI2N2O4S3. The summed E-state index contributed by atoms with van der Waals surface area (Å²) in [7, 11) is -8.05. The van der Waals surface area contributed by atoms with Gasteiger partial charge in [-0.15, -0.1) is 11.3 Å². The van der Waals surface area contributed by atoms with Crippen LogP contribution in [-0.4, -0.2) is 16.8 Å². The summed E-state index contributed by atoms with van der Waals surface area (Å²) < 4.78 is 70.3. The lowest BCUT2D eigenvalue weighted by Crippen LogP contribution is -2.17. The monoisotopic (exact) mass is 698 g/mol. The minimum absolute atomic E-state index is 0.0235. The SMILES string of the molecule is O=S(=O)(Nc1cc(I)c(I)cc1NS(=O)(=O)c1cccs1)c1ccc(F)c(Cl)c1. The number of nitrogens with one attached hydrogen (secondary N) is 2. The predicted molar refractivity (Wildman–Crippen MR) is 129 cm³/mol. The predicted octanol–water partition coefficient (Wildman–Crippen LogP) is 5.35. The normalized spacial score (nSPS) is 12.0. The molecule has 2 N–H and O–H groups in total. The Morgan fingerprint density at radius 3 is 2.00 bits per heavy atom. The van der Waals surface area contributed by atoms with E-state index in [1.807, 2.05) is 45.2 Å². The van der Waals surface area contributed by atoms with Crippen LogP contribution in [0.2, 0.25) is 5.02 Å². The molecule has 0 radical (unpaired) electrons. The highest BCUT2D eigenvalue weighted by Gasteiger charge is 2.22. The summed E-state index contributed by atoms with van der Waals surface area (Å²) in [5, 5.41) is 1.28. The van der Waals surface area contributed by atoms with Gasteiger partial charge in [0.25, 0.3) is 20.0 Å². The Labute approximate surface area is 203 Å². The first-order chi connectivity index (χ1) is 13.5. The van der Waals surface area contributed by atoms with Crippen molar-refractivity contribution in [2.24, 2.45) is 0 Å². The second-order valence-corrected chi connectivity index (χ2v) is 12.8. The molecule has 0 aliphatic heterocycles. The Hall–Kier alpha value is -0.680. The molecule has 0 fully saturated rings. The first-order valence-electron chi connectivity index (χ1n) is 7.53. The molecular weight excluding hydrogens is 689 g/mol. The van der Waals surface area contributed by atoms with Crippen LogP contribution in [0.15, 0.2) is 56.9 Å². The van der Waals surface area contributed by atoms with Crippen molar-refractivity contribution in [3.8, 4) is 0 Å². The first kappa shape index (κ1) is 23.0. The van der Waals surface area contributed by atoms with Gasteiger partial charge in [-0.2, -0.15) is 0 Å². The molecule has 0 aliphatic carbocycles. The molecule has 2 aromatic carbocycles. The second kappa shape index (κ2) is 8.82. The van der Waals surface area contributed by atoms with E-state index in [0.717, 1.165) is 33.1 Å². The van der Waals surface area contributed by atoms with Gasteiger partial charge >= 0.3 is 0 Å². The number of anilines is 2. The lowest BCUT2D eigenvalue weighted by Gasteiger charge is -2.16. The molecule has 1 aromatic heterocycles. The van der Waals surface area contributed by atoms with Crippen LogP contribution in [0, 0.1) is 13.0 Å². The number of rotatable bonds is 6. The highest BCUT2D eigenvalue weighted by molar-refractivity contribution is 14.1. The summed E-state index contributed by atoms with van der Waals surface area (Å²) in [4.78, 5) is -0.260. The maximum atomic E-state index is 13.4. The van der Waals surface area contributed by atoms with E-state index in [1.54, 1.807) is 11.4 Å². The van der Waals surface area contributed by atoms with Crippen molar-refractivity contribution < 1.29 is 21.2 Å². The van der Waals surface area contributed by atoms with Gasteiger partial charge in [-0.1, -0.05) is 17.7 Å². The molecule has 0 atom stereocenters. The topological polar surface area (TPSA) is 92.3 Å². The quantitative estimate of drug-likeness (QED) is 0.340. The minimum atomic E-state index is -4.15. The second-order valence-electron chi connectivity index (χ2n) is 5.53. The van der Waals surface area contributed by atoms with Crippen LogP contribution in [0.1, 0.15) is 0 Å². The van der Waals surface area contributed by atoms with Gasteiger partial charge in [0, 0.05) is 7.14 Å². The van der Waals surface area contributed by atoms with E-state index in [0.29, 0.717) is 3.57 Å². The fourth-order valence-corrected chi connectivity index (χ4v) is 6.51. The molecule has 6 nitrogen and oxygen atoms in total. The van der Waals surface area contributed by atoms with Crippen molar-refractivity contribution in [2.45, 2.75) is 9.10 Å². The van der Waals surface area contributed by atoms with Crippen LogP contribution < -0.4 is 9.44 Å². The number of thiophene rings is 1. The Morgan fingerprint density at radius 2 is 1.48 bits per heavy atom. The third-order valence-corrected chi connectivity index (χ3v) is 10.7. The average molecular weight is 699 g/mol. The van der Waals surface area contributed by atoms with Crippen molar-refractivity contribution in [1.29, 1.82) is 0 Å². The van der Waals surface area contributed by atoms with Crippen LogP contribution in [-0.2, 0) is 20.0 Å². The Balaban J connectivity index is 2.03. The van der Waals surface area contributed by atoms with Gasteiger partial charge in [0.1, 0.15) is 10.0 Å². The smallest absolute Gasteiger partial charge is 0.271 e. The van der Waals surface area contributed by atoms with E-state index >= 15 is 0 Å². The fourth-order valence-electron chi connectivity index (χ4n) is 2.17. The molecule has 3 rings (SSSR count). The van der Waals surface area contributed by atoms with Gasteiger partial charge in [-0.25, -0.2) is 21.2 Å². The van der Waals surface area contributed by atoms with Crippen molar-refractivity contribution in [3.05, 3.63) is 65.8 Å². The van der Waals surface area contributed by atoms with Crippen molar-refractivity contribution in [3.63, 3.8) is 0 Å². The largest absolute Gasteiger partial charge is 0.277 e. The summed E-state index contributed by atoms with van der Waals surface area (Å²) in [6.45, 7) is 0. The van der Waals surface area contributed by atoms with Crippen LogP contribution in [0.4, 0.5) is 15.8 Å². The van der Waals surface area contributed by atoms with Crippen LogP contribution >= 0.6 is 68.1 Å². The molecule has 13 heteroatoms. The van der Waals surface area contributed by atoms with Gasteiger partial charge in [0.2, 0.25) is 0 Å². The fraction of sp³-hybridized carbons (Fsp3) is 0. The van der Waals surface area contributed by atoms with Crippen LogP contribution in [0.25, 0.3) is 0 Å². The molecule has 0 amide bonds. The minimum Gasteiger partial charge on any atom is -0.277 e. The van der Waals surface area contributed by atoms with Gasteiger partial charge in [0.05, 0.1) is 21.3 Å². The molecule has 1 heterocycles. The first-order valence-corrected chi connectivity index (χ1v) is 13.9. The molecule has 154 valence electrons. The third-order valence-electron chi connectivity index (χ3n) is 3.51. The maximum absolute atomic E-state index is 13.4. The van der Waals surface area contributed by atoms with Crippen LogP contribution in [0.3, 0.4) is 0 Å². The summed E-state index contributed by atoms with van der Waals surface area (Å²) in [6.07, 6.45) is 0. The zero-order valence-corrected chi connectivity index (χ0v) is 21.5. The maximum Gasteiger partial charge on any atom is 0.271 e. The van der Waals surface area contributed by atoms with E-state index in [4.69, 9.17) is 11.6 Å². The van der Waals surface area contributed by atoms with Crippen LogP contribution in [0.5, 0.6) is 0 Å². The van der Waals surface area contributed by atoms with E-state index in [-0.39, 0.29) is 25.5 Å². The molecule has 0 unspecified atom stereocenters. The molecule has 0 saturated carbocycles. The molecule has 0 spiro atoms. The molecule has 0 bridgehead atoms. The number of halogens is 4. The third kappa shape index (κ3) is 5.33. The number of hydrogen-bond acceptors (Lipinski definition) is 5. The Morgan fingerprint density at radius 1 is 0.897 bits per heavy atom. The lowest BCUT2D eigenvalue weighted by atomic mass is 10.3. The standard InChI is InChI=1S/C16H10ClFI2N2O4S3/c17-10-6-9(3-4-11(10)18)28(23,24)21-14-7-12(19)13(20)8-15(14)22-29(25,26)16-2-1-5-27-16/h1-8,21-22H. The lowest BCUT2D eigenvalue weighted by molar-refractivity contribution is 0.598. The summed E-state index contributed by atoms with van der Waals surface area (Å²) in [5.74, 6) is -0.751. The zero-order valence-electron chi connectivity index (χ0n) is 14.0. The number of hydrogen-bond donors (Lipinski definition) is 2. The van der Waals surface area contributed by atoms with E-state index < -0.39 is 25.9 Å². The van der Waals surface area contributed by atoms with Gasteiger partial charge in [-0.05, 0) is 87.0 Å².